The number of aromatic nitrogens is 4. The van der Waals surface area contributed by atoms with Gasteiger partial charge in [0.15, 0.2) is 5.82 Å². The molecular weight excluding hydrogens is 218 g/mol. The zero-order valence-corrected chi connectivity index (χ0v) is 8.79. The van der Waals surface area contributed by atoms with Gasteiger partial charge < -0.3 is 5.84 Å². The molecule has 3 N–H and O–H groups in total. The average molecular weight is 227 g/mol. The van der Waals surface area contributed by atoms with Crippen LogP contribution in [0.15, 0.2) is 41.5 Å². The van der Waals surface area contributed by atoms with Gasteiger partial charge in [-0.3, -0.25) is 9.89 Å². The van der Waals surface area contributed by atoms with E-state index in [0.29, 0.717) is 22.3 Å². The first-order valence-electron chi connectivity index (χ1n) is 5.03. The van der Waals surface area contributed by atoms with Crippen molar-refractivity contribution < 1.29 is 0 Å². The van der Waals surface area contributed by atoms with Crippen molar-refractivity contribution in [1.29, 1.82) is 0 Å². The Labute approximate surface area is 95.7 Å². The number of nitrogens with one attached hydrogen (secondary N) is 1. The Morgan fingerprint density at radius 3 is 2.88 bits per heavy atom. The zero-order valence-electron chi connectivity index (χ0n) is 8.79. The molecule has 6 nitrogen and oxygen atoms in total. The molecule has 0 saturated carbocycles. The zero-order chi connectivity index (χ0) is 11.8. The number of nitrogens with two attached hydrogens (primary N) is 1. The van der Waals surface area contributed by atoms with Gasteiger partial charge in [-0.2, -0.15) is 5.10 Å². The summed E-state index contributed by atoms with van der Waals surface area (Å²) in [5.74, 6) is 6.13. The Balaban J connectivity index is 2.42. The van der Waals surface area contributed by atoms with Crippen LogP contribution in [0.3, 0.4) is 0 Å². The van der Waals surface area contributed by atoms with E-state index in [9.17, 15) is 4.79 Å². The minimum atomic E-state index is -0.271. The number of rotatable bonds is 1. The molecule has 17 heavy (non-hydrogen) atoms. The molecule has 0 aliphatic carbocycles. The fraction of sp³-hybridized carbons (Fsp3) is 0. The van der Waals surface area contributed by atoms with Gasteiger partial charge in [-0.25, -0.2) is 9.66 Å². The number of hydrogen-bond acceptors (Lipinski definition) is 4. The third-order valence-corrected chi connectivity index (χ3v) is 2.56. The maximum Gasteiger partial charge on any atom is 0.280 e. The van der Waals surface area contributed by atoms with E-state index in [1.54, 1.807) is 30.6 Å². The molecule has 2 aromatic heterocycles. The number of fused-ring (bicyclic) bond motifs is 1. The molecule has 3 rings (SSSR count). The second kappa shape index (κ2) is 3.44. The van der Waals surface area contributed by atoms with Gasteiger partial charge in [-0.1, -0.05) is 12.1 Å². The minimum absolute atomic E-state index is 0.271. The molecular formula is C11H9N5O. The number of nitrogen functional groups attached to an aromatic ring is 1. The van der Waals surface area contributed by atoms with Gasteiger partial charge in [0.05, 0.1) is 22.7 Å². The van der Waals surface area contributed by atoms with Crippen molar-refractivity contribution in [3.63, 3.8) is 0 Å². The number of hydrogen-bond donors (Lipinski definition) is 2. The predicted octanol–water partition coefficient (Wildman–Crippen LogP) is 0.500. The molecule has 0 atom stereocenters. The fourth-order valence-electron chi connectivity index (χ4n) is 1.72. The number of benzene rings is 1. The molecule has 0 aliphatic heterocycles. The summed E-state index contributed by atoms with van der Waals surface area (Å²) in [6.45, 7) is 0. The lowest BCUT2D eigenvalue weighted by Crippen LogP contribution is -2.29. The van der Waals surface area contributed by atoms with Crippen LogP contribution in [0.2, 0.25) is 0 Å². The molecule has 0 fully saturated rings. The van der Waals surface area contributed by atoms with Crippen molar-refractivity contribution in [2.24, 2.45) is 0 Å². The summed E-state index contributed by atoms with van der Waals surface area (Å²) in [5.41, 5.74) is 1.03. The predicted molar refractivity (Wildman–Crippen MR) is 63.7 cm³/mol. The highest BCUT2D eigenvalue weighted by atomic mass is 16.1. The molecule has 3 aromatic rings. The topological polar surface area (TPSA) is 89.6 Å². The Morgan fingerprint density at radius 2 is 2.12 bits per heavy atom. The van der Waals surface area contributed by atoms with Crippen LogP contribution in [-0.4, -0.2) is 19.9 Å². The minimum Gasteiger partial charge on any atom is -0.334 e. The first-order valence-corrected chi connectivity index (χ1v) is 5.03. The quantitative estimate of drug-likeness (QED) is 0.592. The maximum atomic E-state index is 12.0. The normalized spacial score (nSPS) is 10.8. The summed E-state index contributed by atoms with van der Waals surface area (Å²) in [5, 5.41) is 6.98. The third kappa shape index (κ3) is 1.38. The highest BCUT2D eigenvalue weighted by Crippen LogP contribution is 2.15. The van der Waals surface area contributed by atoms with Crippen LogP contribution in [0.1, 0.15) is 0 Å². The standard InChI is InChI=1S/C11H9N5O/c12-16-10(7-5-13-14-6-7)15-9-4-2-1-3-8(9)11(16)17/h1-6H,12H2,(H,13,14). The Kier molecular flexibility index (Phi) is 1.94. The molecule has 0 bridgehead atoms. The van der Waals surface area contributed by atoms with E-state index in [2.05, 4.69) is 15.2 Å². The van der Waals surface area contributed by atoms with Crippen LogP contribution in [0.25, 0.3) is 22.3 Å². The van der Waals surface area contributed by atoms with E-state index >= 15 is 0 Å². The summed E-state index contributed by atoms with van der Waals surface area (Å²) in [4.78, 5) is 16.4. The monoisotopic (exact) mass is 227 g/mol. The first-order chi connectivity index (χ1) is 8.27. The van der Waals surface area contributed by atoms with Crippen LogP contribution in [0, 0.1) is 0 Å². The second-order valence-corrected chi connectivity index (χ2v) is 3.61. The maximum absolute atomic E-state index is 12.0. The number of H-pyrrole nitrogens is 1. The molecule has 0 radical (unpaired) electrons. The molecule has 0 unspecified atom stereocenters. The second-order valence-electron chi connectivity index (χ2n) is 3.61. The lowest BCUT2D eigenvalue weighted by molar-refractivity contribution is 0.927. The molecule has 1 aromatic carbocycles. The van der Waals surface area contributed by atoms with Gasteiger partial charge >= 0.3 is 0 Å². The SMILES string of the molecule is Nn1c(-c2cn[nH]c2)nc2ccccc2c1=O. The summed E-state index contributed by atoms with van der Waals surface area (Å²) in [6.07, 6.45) is 3.21. The highest BCUT2D eigenvalue weighted by molar-refractivity contribution is 5.79. The van der Waals surface area contributed by atoms with Gasteiger partial charge in [0.1, 0.15) is 0 Å². The fourth-order valence-corrected chi connectivity index (χ4v) is 1.72. The van der Waals surface area contributed by atoms with Crippen LogP contribution in [-0.2, 0) is 0 Å². The smallest absolute Gasteiger partial charge is 0.280 e. The van der Waals surface area contributed by atoms with Gasteiger partial charge in [0, 0.05) is 6.20 Å². The van der Waals surface area contributed by atoms with E-state index < -0.39 is 0 Å². The summed E-state index contributed by atoms with van der Waals surface area (Å²) < 4.78 is 1.03. The van der Waals surface area contributed by atoms with Crippen molar-refractivity contribution in [3.8, 4) is 11.4 Å². The lowest BCUT2D eigenvalue weighted by atomic mass is 10.2. The van der Waals surface area contributed by atoms with Gasteiger partial charge in [-0.05, 0) is 12.1 Å². The highest BCUT2D eigenvalue weighted by Gasteiger charge is 2.10. The molecule has 0 amide bonds. The van der Waals surface area contributed by atoms with Crippen LogP contribution >= 0.6 is 0 Å². The summed E-state index contributed by atoms with van der Waals surface area (Å²) in [6, 6.07) is 7.09. The molecule has 6 heteroatoms. The molecule has 2 heterocycles. The molecule has 0 aliphatic rings. The van der Waals surface area contributed by atoms with Crippen LogP contribution in [0.4, 0.5) is 0 Å². The van der Waals surface area contributed by atoms with Crippen LogP contribution in [0.5, 0.6) is 0 Å². The number of para-hydroxylation sites is 1. The van der Waals surface area contributed by atoms with Crippen LogP contribution < -0.4 is 11.4 Å². The summed E-state index contributed by atoms with van der Waals surface area (Å²) >= 11 is 0. The Morgan fingerprint density at radius 1 is 1.29 bits per heavy atom. The number of aromatic amines is 1. The third-order valence-electron chi connectivity index (χ3n) is 2.56. The largest absolute Gasteiger partial charge is 0.334 e. The van der Waals surface area contributed by atoms with E-state index in [1.165, 1.54) is 0 Å². The van der Waals surface area contributed by atoms with Crippen molar-refractivity contribution in [3.05, 3.63) is 47.0 Å². The Bertz CT molecular complexity index is 729. The van der Waals surface area contributed by atoms with E-state index in [0.717, 1.165) is 4.68 Å². The lowest BCUT2D eigenvalue weighted by Gasteiger charge is -2.06. The van der Waals surface area contributed by atoms with Crippen molar-refractivity contribution in [1.82, 2.24) is 19.9 Å². The Hall–Kier alpha value is -2.63. The van der Waals surface area contributed by atoms with E-state index in [-0.39, 0.29) is 5.56 Å². The molecule has 0 saturated heterocycles. The molecule has 0 spiro atoms. The van der Waals surface area contributed by atoms with Gasteiger partial charge in [-0.15, -0.1) is 0 Å². The number of nitrogens with zero attached hydrogens (tertiary/aromatic N) is 3. The summed E-state index contributed by atoms with van der Waals surface area (Å²) in [7, 11) is 0. The van der Waals surface area contributed by atoms with E-state index in [1.807, 2.05) is 6.07 Å². The van der Waals surface area contributed by atoms with Crippen molar-refractivity contribution in [2.45, 2.75) is 0 Å². The molecule has 84 valence electrons. The van der Waals surface area contributed by atoms with Gasteiger partial charge in [0.25, 0.3) is 5.56 Å². The van der Waals surface area contributed by atoms with Gasteiger partial charge in [0.2, 0.25) is 0 Å². The van der Waals surface area contributed by atoms with Crippen molar-refractivity contribution in [2.75, 3.05) is 5.84 Å². The van der Waals surface area contributed by atoms with Crippen molar-refractivity contribution >= 4 is 10.9 Å². The van der Waals surface area contributed by atoms with E-state index in [4.69, 9.17) is 5.84 Å². The average Bonchev–Trinajstić information content (AvgIpc) is 2.87. The first kappa shape index (κ1) is 9.59.